The molecule has 1 N–H and O–H groups in total. The first kappa shape index (κ1) is 24.7. The molecule has 192 valence electrons. The average Bonchev–Trinajstić information content (AvgIpc) is 3.27. The molecular weight excluding hydrogens is 454 g/mol. The number of nitrogens with one attached hydrogen (secondary N) is 1. The van der Waals surface area contributed by atoms with E-state index in [1.54, 1.807) is 4.90 Å². The van der Waals surface area contributed by atoms with Gasteiger partial charge in [0.15, 0.2) is 0 Å². The number of ether oxygens (including phenoxy) is 2. The van der Waals surface area contributed by atoms with Crippen LogP contribution in [0, 0.1) is 0 Å². The summed E-state index contributed by atoms with van der Waals surface area (Å²) in [6, 6.07) is 13.0. The summed E-state index contributed by atoms with van der Waals surface area (Å²) >= 11 is 0. The second-order valence-electron chi connectivity index (χ2n) is 10.7. The molecule has 0 aliphatic carbocycles. The van der Waals surface area contributed by atoms with Gasteiger partial charge in [-0.15, -0.1) is 0 Å². The SMILES string of the molecule is CC(C)(C)OC(=O)N1CCN(Cc2ccc(-c3nccc4[nH]c(CN5CCOCC5)cc34)cc2)CC1. The van der Waals surface area contributed by atoms with Crippen LogP contribution in [0.2, 0.25) is 0 Å². The highest BCUT2D eigenvalue weighted by molar-refractivity contribution is 5.93. The molecule has 0 atom stereocenters. The van der Waals surface area contributed by atoms with Crippen molar-refractivity contribution in [3.8, 4) is 11.3 Å². The van der Waals surface area contributed by atoms with E-state index in [4.69, 9.17) is 14.5 Å². The number of aromatic nitrogens is 2. The highest BCUT2D eigenvalue weighted by atomic mass is 16.6. The van der Waals surface area contributed by atoms with Crippen LogP contribution in [-0.4, -0.2) is 88.8 Å². The standard InChI is InChI=1S/C28H37N5O3/c1-28(2,3)36-27(34)33-12-10-31(11-13-33)19-21-4-6-22(7-5-21)26-24-18-23(30-25(24)8-9-29-26)20-32-14-16-35-17-15-32/h4-9,18,30H,10-17,19-20H2,1-3H3. The number of aromatic amines is 1. The quantitative estimate of drug-likeness (QED) is 0.579. The molecule has 5 rings (SSSR count). The first-order chi connectivity index (χ1) is 17.3. The van der Waals surface area contributed by atoms with E-state index >= 15 is 0 Å². The number of hydrogen-bond donors (Lipinski definition) is 1. The highest BCUT2D eigenvalue weighted by Gasteiger charge is 2.25. The topological polar surface area (TPSA) is 73.9 Å². The van der Waals surface area contributed by atoms with Gasteiger partial charge in [-0.1, -0.05) is 24.3 Å². The maximum absolute atomic E-state index is 12.3. The van der Waals surface area contributed by atoms with Crippen LogP contribution in [-0.2, 0) is 22.6 Å². The summed E-state index contributed by atoms with van der Waals surface area (Å²) in [6.45, 7) is 14.1. The number of fused-ring (bicyclic) bond motifs is 1. The van der Waals surface area contributed by atoms with Crippen molar-refractivity contribution in [2.24, 2.45) is 0 Å². The van der Waals surface area contributed by atoms with Crippen molar-refractivity contribution in [1.82, 2.24) is 24.7 Å². The van der Waals surface area contributed by atoms with Gasteiger partial charge in [-0.05, 0) is 38.5 Å². The Kier molecular flexibility index (Phi) is 7.27. The van der Waals surface area contributed by atoms with E-state index in [1.807, 2.05) is 33.0 Å². The monoisotopic (exact) mass is 491 g/mol. The zero-order valence-corrected chi connectivity index (χ0v) is 21.6. The Hall–Kier alpha value is -2.94. The van der Waals surface area contributed by atoms with Gasteiger partial charge >= 0.3 is 6.09 Å². The smallest absolute Gasteiger partial charge is 0.410 e. The highest BCUT2D eigenvalue weighted by Crippen LogP contribution is 2.28. The first-order valence-electron chi connectivity index (χ1n) is 12.9. The molecular formula is C28H37N5O3. The summed E-state index contributed by atoms with van der Waals surface area (Å²) in [5.41, 5.74) is 5.27. The molecule has 2 aliphatic rings. The molecule has 36 heavy (non-hydrogen) atoms. The van der Waals surface area contributed by atoms with Crippen LogP contribution in [0.3, 0.4) is 0 Å². The summed E-state index contributed by atoms with van der Waals surface area (Å²) in [4.78, 5) is 27.2. The maximum Gasteiger partial charge on any atom is 0.410 e. The van der Waals surface area contributed by atoms with Crippen molar-refractivity contribution in [3.63, 3.8) is 0 Å². The number of piperazine rings is 1. The molecule has 2 aromatic heterocycles. The molecule has 0 bridgehead atoms. The Morgan fingerprint density at radius 3 is 2.36 bits per heavy atom. The predicted molar refractivity (Wildman–Crippen MR) is 141 cm³/mol. The minimum absolute atomic E-state index is 0.217. The molecule has 3 aromatic rings. The van der Waals surface area contributed by atoms with E-state index in [9.17, 15) is 4.79 Å². The van der Waals surface area contributed by atoms with E-state index in [0.29, 0.717) is 13.1 Å². The Morgan fingerprint density at radius 2 is 1.67 bits per heavy atom. The molecule has 1 aromatic carbocycles. The Bertz CT molecular complexity index is 1170. The minimum Gasteiger partial charge on any atom is -0.444 e. The molecule has 0 unspecified atom stereocenters. The molecule has 0 saturated carbocycles. The summed E-state index contributed by atoms with van der Waals surface area (Å²) in [6.07, 6.45) is 1.66. The van der Waals surface area contributed by atoms with Gasteiger partial charge < -0.3 is 19.4 Å². The Morgan fingerprint density at radius 1 is 0.972 bits per heavy atom. The molecule has 8 heteroatoms. The number of pyridine rings is 1. The van der Waals surface area contributed by atoms with E-state index in [2.05, 4.69) is 45.1 Å². The molecule has 4 heterocycles. The van der Waals surface area contributed by atoms with E-state index in [1.165, 1.54) is 11.3 Å². The van der Waals surface area contributed by atoms with Gasteiger partial charge in [0.1, 0.15) is 5.60 Å². The Labute approximate surface area is 213 Å². The third-order valence-corrected chi connectivity index (χ3v) is 6.76. The fourth-order valence-electron chi connectivity index (χ4n) is 4.87. The fourth-order valence-corrected chi connectivity index (χ4v) is 4.87. The minimum atomic E-state index is -0.458. The van der Waals surface area contributed by atoms with Crippen LogP contribution in [0.15, 0.2) is 42.6 Å². The second kappa shape index (κ2) is 10.6. The molecule has 2 saturated heterocycles. The molecule has 1 amide bonds. The van der Waals surface area contributed by atoms with Crippen LogP contribution in [0.4, 0.5) is 4.79 Å². The van der Waals surface area contributed by atoms with Crippen molar-refractivity contribution in [1.29, 1.82) is 0 Å². The number of H-pyrrole nitrogens is 1. The van der Waals surface area contributed by atoms with Gasteiger partial charge in [0, 0.05) is 80.7 Å². The van der Waals surface area contributed by atoms with Crippen LogP contribution in [0.1, 0.15) is 32.0 Å². The van der Waals surface area contributed by atoms with E-state index < -0.39 is 5.60 Å². The number of amides is 1. The number of carbonyl (C=O) groups excluding carboxylic acids is 1. The number of benzene rings is 1. The second-order valence-corrected chi connectivity index (χ2v) is 10.7. The summed E-state index contributed by atoms with van der Waals surface area (Å²) in [7, 11) is 0. The van der Waals surface area contributed by atoms with Gasteiger partial charge in [-0.25, -0.2) is 4.79 Å². The lowest BCUT2D eigenvalue weighted by atomic mass is 10.1. The van der Waals surface area contributed by atoms with Crippen LogP contribution in [0.5, 0.6) is 0 Å². The van der Waals surface area contributed by atoms with Gasteiger partial charge in [-0.2, -0.15) is 0 Å². The number of carbonyl (C=O) groups is 1. The third-order valence-electron chi connectivity index (χ3n) is 6.76. The van der Waals surface area contributed by atoms with Crippen molar-refractivity contribution >= 4 is 17.0 Å². The first-order valence-corrected chi connectivity index (χ1v) is 12.9. The molecule has 0 radical (unpaired) electrons. The van der Waals surface area contributed by atoms with E-state index in [0.717, 1.165) is 74.6 Å². The number of hydrogen-bond acceptors (Lipinski definition) is 6. The van der Waals surface area contributed by atoms with Crippen molar-refractivity contribution < 1.29 is 14.3 Å². The van der Waals surface area contributed by atoms with Crippen LogP contribution in [0.25, 0.3) is 22.2 Å². The van der Waals surface area contributed by atoms with Gasteiger partial charge in [-0.3, -0.25) is 14.8 Å². The molecule has 0 spiro atoms. The van der Waals surface area contributed by atoms with Crippen molar-refractivity contribution in [2.45, 2.75) is 39.5 Å². The van der Waals surface area contributed by atoms with Gasteiger partial charge in [0.2, 0.25) is 0 Å². The summed E-state index contributed by atoms with van der Waals surface area (Å²) in [5.74, 6) is 0. The largest absolute Gasteiger partial charge is 0.444 e. The average molecular weight is 492 g/mol. The molecule has 2 fully saturated rings. The molecule has 2 aliphatic heterocycles. The van der Waals surface area contributed by atoms with Gasteiger partial charge in [0.05, 0.1) is 18.9 Å². The lowest BCUT2D eigenvalue weighted by Crippen LogP contribution is -2.49. The van der Waals surface area contributed by atoms with Crippen LogP contribution >= 0.6 is 0 Å². The third kappa shape index (κ3) is 6.06. The van der Waals surface area contributed by atoms with Crippen LogP contribution < -0.4 is 0 Å². The fraction of sp³-hybridized carbons (Fsp3) is 0.500. The summed E-state index contributed by atoms with van der Waals surface area (Å²) in [5, 5.41) is 1.16. The number of rotatable bonds is 5. The predicted octanol–water partition coefficient (Wildman–Crippen LogP) is 4.11. The van der Waals surface area contributed by atoms with Gasteiger partial charge in [0.25, 0.3) is 0 Å². The zero-order chi connectivity index (χ0) is 25.1. The zero-order valence-electron chi connectivity index (χ0n) is 21.6. The van der Waals surface area contributed by atoms with Crippen molar-refractivity contribution in [2.75, 3.05) is 52.5 Å². The van der Waals surface area contributed by atoms with E-state index in [-0.39, 0.29) is 6.09 Å². The maximum atomic E-state index is 12.3. The Balaban J connectivity index is 1.21. The lowest BCUT2D eigenvalue weighted by Gasteiger charge is -2.35. The summed E-state index contributed by atoms with van der Waals surface area (Å²) < 4.78 is 11.0. The number of nitrogens with zero attached hydrogens (tertiary/aromatic N) is 4. The number of morpholine rings is 1. The lowest BCUT2D eigenvalue weighted by molar-refractivity contribution is 0.0139. The normalized spacial score (nSPS) is 18.0. The molecule has 8 nitrogen and oxygen atoms in total. The van der Waals surface area contributed by atoms with Crippen molar-refractivity contribution in [3.05, 3.63) is 53.9 Å².